The van der Waals surface area contributed by atoms with Gasteiger partial charge in [-0.2, -0.15) is 0 Å². The molecule has 1 N–H and O–H groups in total. The van der Waals surface area contributed by atoms with E-state index in [1.807, 2.05) is 0 Å². The third-order valence-electron chi connectivity index (χ3n) is 6.15. The van der Waals surface area contributed by atoms with Crippen LogP contribution in [0.5, 0.6) is 5.75 Å². The minimum Gasteiger partial charge on any atom is -0.406 e. The summed E-state index contributed by atoms with van der Waals surface area (Å²) < 4.78 is 68.2. The van der Waals surface area contributed by atoms with Crippen molar-refractivity contribution >= 4 is 5.69 Å². The van der Waals surface area contributed by atoms with Crippen molar-refractivity contribution < 1.29 is 26.7 Å². The Balaban J connectivity index is 1.49. The molecule has 0 spiro atoms. The van der Waals surface area contributed by atoms with E-state index in [4.69, 9.17) is 0 Å². The fraction of sp³-hybridized carbons (Fsp3) is 0.259. The lowest BCUT2D eigenvalue weighted by Crippen LogP contribution is -2.39. The maximum atomic E-state index is 13.6. The summed E-state index contributed by atoms with van der Waals surface area (Å²) >= 11 is 0. The van der Waals surface area contributed by atoms with Gasteiger partial charge < -0.3 is 15.0 Å². The lowest BCUT2D eigenvalue weighted by molar-refractivity contribution is -0.274. The SMILES string of the molecule is C=C(Nc1ccc(OC(F)(F)F)cc1)N1CCCC(C(c2ccc(F)cc2)c2ccc(F)cc2)C1. The minimum atomic E-state index is -4.74. The normalized spacial score (nSPS) is 16.3. The molecule has 1 saturated heterocycles. The average molecular weight is 489 g/mol. The number of benzene rings is 3. The Morgan fingerprint density at radius 1 is 0.886 bits per heavy atom. The molecule has 1 unspecified atom stereocenters. The highest BCUT2D eigenvalue weighted by Gasteiger charge is 2.32. The van der Waals surface area contributed by atoms with Crippen LogP contribution in [0.2, 0.25) is 0 Å². The van der Waals surface area contributed by atoms with Crippen LogP contribution in [0.1, 0.15) is 29.9 Å². The zero-order chi connectivity index (χ0) is 25.0. The number of ether oxygens (including phenoxy) is 1. The van der Waals surface area contributed by atoms with Crippen molar-refractivity contribution in [1.82, 2.24) is 4.90 Å². The van der Waals surface area contributed by atoms with Gasteiger partial charge in [-0.3, -0.25) is 0 Å². The van der Waals surface area contributed by atoms with Crippen molar-refractivity contribution in [1.29, 1.82) is 0 Å². The molecule has 3 aromatic carbocycles. The number of nitrogens with zero attached hydrogens (tertiary/aromatic N) is 1. The van der Waals surface area contributed by atoms with Crippen molar-refractivity contribution in [2.45, 2.75) is 25.1 Å². The first kappa shape index (κ1) is 24.6. The Hall–Kier alpha value is -3.55. The van der Waals surface area contributed by atoms with E-state index in [0.717, 1.165) is 30.5 Å². The van der Waals surface area contributed by atoms with Gasteiger partial charge in [-0.25, -0.2) is 8.78 Å². The standard InChI is InChI=1S/C27H25F5N2O/c1-18(33-24-12-14-25(15-13-24)35-27(30,31)32)34-16-2-3-21(17-34)26(19-4-8-22(28)9-5-19)20-6-10-23(29)11-7-20/h4-15,21,26,33H,1-3,16-17H2. The molecule has 1 atom stereocenters. The zero-order valence-corrected chi connectivity index (χ0v) is 18.9. The highest BCUT2D eigenvalue weighted by atomic mass is 19.4. The first-order valence-corrected chi connectivity index (χ1v) is 11.3. The summed E-state index contributed by atoms with van der Waals surface area (Å²) in [4.78, 5) is 2.09. The summed E-state index contributed by atoms with van der Waals surface area (Å²) in [6.45, 7) is 5.54. The maximum absolute atomic E-state index is 13.6. The number of alkyl halides is 3. The predicted octanol–water partition coefficient (Wildman–Crippen LogP) is 7.29. The molecule has 0 bridgehead atoms. The molecule has 0 radical (unpaired) electrons. The summed E-state index contributed by atoms with van der Waals surface area (Å²) in [5.41, 5.74) is 2.48. The number of anilines is 1. The van der Waals surface area contributed by atoms with E-state index in [1.54, 1.807) is 24.3 Å². The molecule has 1 fully saturated rings. The molecular formula is C27H25F5N2O. The molecule has 35 heavy (non-hydrogen) atoms. The number of piperidine rings is 1. The summed E-state index contributed by atoms with van der Waals surface area (Å²) in [7, 11) is 0. The number of likely N-dealkylation sites (tertiary alicyclic amines) is 1. The summed E-state index contributed by atoms with van der Waals surface area (Å²) in [5, 5.41) is 3.15. The van der Waals surface area contributed by atoms with Gasteiger partial charge in [0.15, 0.2) is 0 Å². The Morgan fingerprint density at radius 2 is 1.43 bits per heavy atom. The fourth-order valence-corrected chi connectivity index (χ4v) is 4.59. The molecule has 0 aliphatic carbocycles. The molecule has 0 amide bonds. The lowest BCUT2D eigenvalue weighted by Gasteiger charge is -2.39. The lowest BCUT2D eigenvalue weighted by atomic mass is 9.77. The van der Waals surface area contributed by atoms with Gasteiger partial charge in [-0.15, -0.1) is 13.2 Å². The van der Waals surface area contributed by atoms with Crippen LogP contribution in [0.25, 0.3) is 0 Å². The Bertz CT molecular complexity index is 1080. The van der Waals surface area contributed by atoms with Gasteiger partial charge in [0.05, 0.1) is 5.82 Å². The third-order valence-corrected chi connectivity index (χ3v) is 6.15. The number of hydrogen-bond acceptors (Lipinski definition) is 3. The molecule has 1 aliphatic heterocycles. The third kappa shape index (κ3) is 6.53. The van der Waals surface area contributed by atoms with Crippen LogP contribution < -0.4 is 10.1 Å². The Morgan fingerprint density at radius 3 is 1.94 bits per heavy atom. The van der Waals surface area contributed by atoms with Gasteiger partial charge in [-0.1, -0.05) is 30.8 Å². The van der Waals surface area contributed by atoms with Crippen molar-refractivity contribution in [3.8, 4) is 5.75 Å². The Labute approximate surface area is 200 Å². The highest BCUT2D eigenvalue weighted by Crippen LogP contribution is 2.38. The van der Waals surface area contributed by atoms with E-state index >= 15 is 0 Å². The van der Waals surface area contributed by atoms with Crippen LogP contribution >= 0.6 is 0 Å². The van der Waals surface area contributed by atoms with E-state index in [9.17, 15) is 22.0 Å². The van der Waals surface area contributed by atoms with Crippen molar-refractivity contribution in [2.75, 3.05) is 18.4 Å². The molecule has 3 nitrogen and oxygen atoms in total. The maximum Gasteiger partial charge on any atom is 0.573 e. The van der Waals surface area contributed by atoms with E-state index in [2.05, 4.69) is 21.5 Å². The van der Waals surface area contributed by atoms with Gasteiger partial charge in [0.1, 0.15) is 17.4 Å². The number of hydrogen-bond donors (Lipinski definition) is 1. The first-order chi connectivity index (χ1) is 16.7. The predicted molar refractivity (Wildman–Crippen MR) is 125 cm³/mol. The van der Waals surface area contributed by atoms with Crippen molar-refractivity contribution in [2.24, 2.45) is 5.92 Å². The fourth-order valence-electron chi connectivity index (χ4n) is 4.59. The molecule has 184 valence electrons. The minimum absolute atomic E-state index is 0.0643. The topological polar surface area (TPSA) is 24.5 Å². The Kier molecular flexibility index (Phi) is 7.28. The molecule has 3 aromatic rings. The zero-order valence-electron chi connectivity index (χ0n) is 18.9. The monoisotopic (exact) mass is 488 g/mol. The van der Waals surface area contributed by atoms with Gasteiger partial charge in [0.2, 0.25) is 0 Å². The summed E-state index contributed by atoms with van der Waals surface area (Å²) in [5.74, 6) is -0.224. The molecule has 4 rings (SSSR count). The smallest absolute Gasteiger partial charge is 0.406 e. The van der Waals surface area contributed by atoms with E-state index < -0.39 is 6.36 Å². The second-order valence-corrected chi connectivity index (χ2v) is 8.57. The largest absolute Gasteiger partial charge is 0.573 e. The van der Waals surface area contributed by atoms with Gasteiger partial charge in [-0.05, 0) is 78.4 Å². The van der Waals surface area contributed by atoms with Crippen LogP contribution in [-0.4, -0.2) is 24.4 Å². The van der Waals surface area contributed by atoms with Gasteiger partial charge in [0.25, 0.3) is 0 Å². The molecule has 0 aromatic heterocycles. The number of halogens is 5. The number of nitrogens with one attached hydrogen (secondary N) is 1. The van der Waals surface area contributed by atoms with Crippen LogP contribution in [0.3, 0.4) is 0 Å². The van der Waals surface area contributed by atoms with E-state index in [0.29, 0.717) is 18.1 Å². The second kappa shape index (κ2) is 10.4. The van der Waals surface area contributed by atoms with E-state index in [-0.39, 0.29) is 29.2 Å². The van der Waals surface area contributed by atoms with Crippen LogP contribution in [0.15, 0.2) is 85.2 Å². The van der Waals surface area contributed by atoms with Crippen molar-refractivity contribution in [3.05, 3.63) is 108 Å². The average Bonchev–Trinajstić information content (AvgIpc) is 2.82. The van der Waals surface area contributed by atoms with Crippen LogP contribution in [-0.2, 0) is 0 Å². The highest BCUT2D eigenvalue weighted by molar-refractivity contribution is 5.50. The second-order valence-electron chi connectivity index (χ2n) is 8.57. The molecular weight excluding hydrogens is 463 g/mol. The summed E-state index contributed by atoms with van der Waals surface area (Å²) in [6, 6.07) is 18.2. The van der Waals surface area contributed by atoms with E-state index in [1.165, 1.54) is 48.5 Å². The van der Waals surface area contributed by atoms with Crippen molar-refractivity contribution in [3.63, 3.8) is 0 Å². The quantitative estimate of drug-likeness (QED) is 0.354. The molecule has 1 aliphatic rings. The first-order valence-electron chi connectivity index (χ1n) is 11.3. The summed E-state index contributed by atoms with van der Waals surface area (Å²) in [6.07, 6.45) is -2.93. The molecule has 1 heterocycles. The molecule has 8 heteroatoms. The van der Waals surface area contributed by atoms with Gasteiger partial charge in [0, 0.05) is 24.7 Å². The van der Waals surface area contributed by atoms with Crippen LogP contribution in [0.4, 0.5) is 27.6 Å². The molecule has 0 saturated carbocycles. The van der Waals surface area contributed by atoms with Gasteiger partial charge >= 0.3 is 6.36 Å². The van der Waals surface area contributed by atoms with Crippen LogP contribution in [0, 0.1) is 17.6 Å². The number of rotatable bonds is 7.